The summed E-state index contributed by atoms with van der Waals surface area (Å²) in [4.78, 5) is 8.49. The molecule has 0 fully saturated rings. The number of phenolic OH excluding ortho intramolecular Hbond substituents is 4. The summed E-state index contributed by atoms with van der Waals surface area (Å²) < 4.78 is 0. The van der Waals surface area contributed by atoms with E-state index in [1.54, 1.807) is 0 Å². The molecule has 26 heavy (non-hydrogen) atoms. The Bertz CT molecular complexity index is 1040. The van der Waals surface area contributed by atoms with Crippen molar-refractivity contribution in [2.45, 2.75) is 0 Å². The lowest BCUT2D eigenvalue weighted by Crippen LogP contribution is -2.18. The van der Waals surface area contributed by atoms with Gasteiger partial charge in [-0.15, -0.1) is 0 Å². The minimum absolute atomic E-state index is 0.0423. The molecule has 0 radical (unpaired) electrons. The van der Waals surface area contributed by atoms with E-state index >= 15 is 0 Å². The smallest absolute Gasteiger partial charge is 0.158 e. The Labute approximate surface area is 147 Å². The molecule has 0 aliphatic rings. The third-order valence-electron chi connectivity index (χ3n) is 3.68. The molecule has 132 valence electrons. The van der Waals surface area contributed by atoms with E-state index in [0.29, 0.717) is 11.1 Å². The zero-order valence-corrected chi connectivity index (χ0v) is 13.3. The van der Waals surface area contributed by atoms with E-state index in [-0.39, 0.29) is 51.7 Å². The van der Waals surface area contributed by atoms with Gasteiger partial charge in [0.15, 0.2) is 28.8 Å². The molecule has 0 unspecified atom stereocenters. The summed E-state index contributed by atoms with van der Waals surface area (Å²) in [7, 11) is 0. The summed E-state index contributed by atoms with van der Waals surface area (Å²) in [6.45, 7) is 0. The Morgan fingerprint density at radius 3 is 1.65 bits per heavy atom. The van der Waals surface area contributed by atoms with Crippen LogP contribution in [0.3, 0.4) is 0 Å². The second-order valence-corrected chi connectivity index (χ2v) is 5.48. The van der Waals surface area contributed by atoms with Gasteiger partial charge in [-0.3, -0.25) is 5.41 Å². The maximum atomic E-state index is 9.77. The molecule has 1 heterocycles. The maximum absolute atomic E-state index is 9.77. The van der Waals surface area contributed by atoms with Crippen molar-refractivity contribution in [1.29, 1.82) is 5.41 Å². The summed E-state index contributed by atoms with van der Waals surface area (Å²) in [6.07, 6.45) is 0. The van der Waals surface area contributed by atoms with Gasteiger partial charge in [-0.05, 0) is 36.4 Å². The number of amidine groups is 1. The van der Waals surface area contributed by atoms with Crippen molar-refractivity contribution in [3.63, 3.8) is 0 Å². The first-order valence-corrected chi connectivity index (χ1v) is 7.34. The van der Waals surface area contributed by atoms with Gasteiger partial charge in [0.25, 0.3) is 0 Å². The Hall–Kier alpha value is -4.01. The van der Waals surface area contributed by atoms with Crippen LogP contribution in [0, 0.1) is 5.41 Å². The number of anilines is 1. The molecular formula is C17H15N5O4. The number of nitrogens with zero attached hydrogens (tertiary/aromatic N) is 2. The highest BCUT2D eigenvalue weighted by atomic mass is 16.3. The van der Waals surface area contributed by atoms with Gasteiger partial charge in [-0.1, -0.05) is 0 Å². The molecule has 0 aliphatic heterocycles. The number of nitrogen functional groups attached to an aromatic ring is 2. The highest BCUT2D eigenvalue weighted by Gasteiger charge is 2.18. The van der Waals surface area contributed by atoms with Crippen molar-refractivity contribution in [3.05, 3.63) is 42.1 Å². The lowest BCUT2D eigenvalue weighted by Gasteiger charge is -2.13. The number of phenols is 4. The van der Waals surface area contributed by atoms with Crippen molar-refractivity contribution < 1.29 is 20.4 Å². The first kappa shape index (κ1) is 16.8. The van der Waals surface area contributed by atoms with E-state index < -0.39 is 0 Å². The van der Waals surface area contributed by atoms with Crippen LogP contribution in [0.2, 0.25) is 0 Å². The van der Waals surface area contributed by atoms with Crippen LogP contribution < -0.4 is 11.5 Å². The predicted octanol–water partition coefficient (Wildman–Crippen LogP) is 1.50. The molecule has 0 bridgehead atoms. The molecule has 3 aromatic rings. The Morgan fingerprint density at radius 1 is 0.769 bits per heavy atom. The fraction of sp³-hybridized carbons (Fsp3) is 0. The lowest BCUT2D eigenvalue weighted by molar-refractivity contribution is 0.404. The van der Waals surface area contributed by atoms with E-state index in [1.165, 1.54) is 36.4 Å². The fourth-order valence-electron chi connectivity index (χ4n) is 2.39. The molecule has 0 atom stereocenters. The lowest BCUT2D eigenvalue weighted by atomic mass is 10.0. The van der Waals surface area contributed by atoms with Crippen molar-refractivity contribution in [3.8, 4) is 45.5 Å². The largest absolute Gasteiger partial charge is 0.504 e. The number of aromatic nitrogens is 2. The van der Waals surface area contributed by atoms with Crippen LogP contribution in [0.25, 0.3) is 22.5 Å². The van der Waals surface area contributed by atoms with Crippen LogP contribution in [0.15, 0.2) is 36.4 Å². The summed E-state index contributed by atoms with van der Waals surface area (Å²) in [5, 5.41) is 46.1. The molecule has 3 rings (SSSR count). The van der Waals surface area contributed by atoms with Gasteiger partial charge in [0.05, 0.1) is 11.4 Å². The highest BCUT2D eigenvalue weighted by molar-refractivity contribution is 5.98. The number of benzene rings is 2. The number of nitrogens with one attached hydrogen (secondary N) is 1. The summed E-state index contributed by atoms with van der Waals surface area (Å²) in [6, 6.07) is 8.07. The van der Waals surface area contributed by atoms with Gasteiger partial charge >= 0.3 is 0 Å². The molecular weight excluding hydrogens is 338 g/mol. The summed E-state index contributed by atoms with van der Waals surface area (Å²) in [5.74, 6) is -1.83. The van der Waals surface area contributed by atoms with Gasteiger partial charge in [-0.2, -0.15) is 0 Å². The Morgan fingerprint density at radius 2 is 1.23 bits per heavy atom. The summed E-state index contributed by atoms with van der Waals surface area (Å²) in [5.41, 5.74) is 12.5. The summed E-state index contributed by atoms with van der Waals surface area (Å²) >= 11 is 0. The number of hydrogen-bond donors (Lipinski definition) is 7. The van der Waals surface area contributed by atoms with Gasteiger partial charge in [0.1, 0.15) is 11.5 Å². The Kier molecular flexibility index (Phi) is 3.97. The van der Waals surface area contributed by atoms with Crippen molar-refractivity contribution >= 4 is 11.7 Å². The highest BCUT2D eigenvalue weighted by Crippen LogP contribution is 2.37. The van der Waals surface area contributed by atoms with Crippen LogP contribution in [0.4, 0.5) is 5.82 Å². The van der Waals surface area contributed by atoms with Gasteiger partial charge in [-0.25, -0.2) is 9.97 Å². The van der Waals surface area contributed by atoms with E-state index in [2.05, 4.69) is 9.97 Å². The van der Waals surface area contributed by atoms with Crippen LogP contribution in [0.5, 0.6) is 23.0 Å². The molecule has 0 saturated carbocycles. The van der Waals surface area contributed by atoms with Crippen molar-refractivity contribution in [2.75, 3.05) is 5.73 Å². The normalized spacial score (nSPS) is 10.6. The number of hydrogen-bond acceptors (Lipinski definition) is 8. The molecule has 9 N–H and O–H groups in total. The van der Waals surface area contributed by atoms with Crippen molar-refractivity contribution in [2.24, 2.45) is 5.73 Å². The van der Waals surface area contributed by atoms with E-state index in [9.17, 15) is 20.4 Å². The van der Waals surface area contributed by atoms with Gasteiger partial charge in [0.2, 0.25) is 0 Å². The topological polar surface area (TPSA) is 183 Å². The second-order valence-electron chi connectivity index (χ2n) is 5.48. The molecule has 0 spiro atoms. The third-order valence-corrected chi connectivity index (χ3v) is 3.68. The molecule has 0 aliphatic carbocycles. The Balaban J connectivity index is 2.31. The van der Waals surface area contributed by atoms with Gasteiger partial charge < -0.3 is 31.9 Å². The molecule has 9 heteroatoms. The average Bonchev–Trinajstić information content (AvgIpc) is 2.59. The van der Waals surface area contributed by atoms with Crippen molar-refractivity contribution in [1.82, 2.24) is 9.97 Å². The first-order chi connectivity index (χ1) is 12.3. The number of nitrogens with two attached hydrogens (primary N) is 2. The quantitative estimate of drug-likeness (QED) is 0.210. The molecule has 1 aromatic heterocycles. The zero-order valence-electron chi connectivity index (χ0n) is 13.3. The van der Waals surface area contributed by atoms with Crippen LogP contribution in [0.1, 0.15) is 5.69 Å². The SMILES string of the molecule is N=C(N)c1nc(-c2ccc(O)c(O)c2)c(-c2ccc(O)c(O)c2)nc1N. The molecule has 0 saturated heterocycles. The standard InChI is InChI=1S/C17H15N5O4/c18-16(19)15-17(20)22-14(8-2-4-10(24)12(26)6-8)13(21-15)7-1-3-9(23)11(25)5-7/h1-6,23-26H,(H3,18,19)(H2,20,22). The maximum Gasteiger partial charge on any atom is 0.158 e. The average molecular weight is 353 g/mol. The fourth-order valence-corrected chi connectivity index (χ4v) is 2.39. The minimum Gasteiger partial charge on any atom is -0.504 e. The van der Waals surface area contributed by atoms with Crippen LogP contribution >= 0.6 is 0 Å². The van der Waals surface area contributed by atoms with Crippen LogP contribution in [-0.4, -0.2) is 36.2 Å². The van der Waals surface area contributed by atoms with E-state index in [0.717, 1.165) is 0 Å². The molecule has 2 aromatic carbocycles. The van der Waals surface area contributed by atoms with E-state index in [4.69, 9.17) is 16.9 Å². The first-order valence-electron chi connectivity index (χ1n) is 7.34. The predicted molar refractivity (Wildman–Crippen MR) is 95.0 cm³/mol. The molecule has 0 amide bonds. The number of aromatic hydroxyl groups is 4. The van der Waals surface area contributed by atoms with Gasteiger partial charge in [0, 0.05) is 11.1 Å². The minimum atomic E-state index is -0.389. The zero-order chi connectivity index (χ0) is 19.0. The third kappa shape index (κ3) is 2.88. The van der Waals surface area contributed by atoms with E-state index in [1.807, 2.05) is 0 Å². The van der Waals surface area contributed by atoms with Crippen LogP contribution in [-0.2, 0) is 0 Å². The number of rotatable bonds is 3. The monoisotopic (exact) mass is 353 g/mol. The molecule has 9 nitrogen and oxygen atoms in total. The second kappa shape index (κ2) is 6.13.